The molecule has 1 aliphatic carbocycles. The van der Waals surface area contributed by atoms with E-state index >= 15 is 0 Å². The van der Waals surface area contributed by atoms with Crippen LogP contribution in [0.3, 0.4) is 0 Å². The Bertz CT molecular complexity index is 1200. The molecule has 7 N–H and O–H groups in total. The molecule has 1 aromatic carbocycles. The van der Waals surface area contributed by atoms with Crippen LogP contribution in [0.5, 0.6) is 0 Å². The van der Waals surface area contributed by atoms with Crippen molar-refractivity contribution in [3.05, 3.63) is 41.5 Å². The summed E-state index contributed by atoms with van der Waals surface area (Å²) in [6.45, 7) is -0.784. The number of carbonyl (C=O) groups is 2. The maximum absolute atomic E-state index is 12.3. The van der Waals surface area contributed by atoms with Gasteiger partial charge in [0.2, 0.25) is 11.8 Å². The fraction of sp³-hybridized carbons (Fsp3) is 0.560. The third kappa shape index (κ3) is 12.9. The summed E-state index contributed by atoms with van der Waals surface area (Å²) in [6.07, 6.45) is -8.52. The first kappa shape index (κ1) is 34.6. The van der Waals surface area contributed by atoms with Gasteiger partial charge in [-0.2, -0.15) is 26.3 Å². The van der Waals surface area contributed by atoms with E-state index in [1.54, 1.807) is 18.2 Å². The van der Waals surface area contributed by atoms with Gasteiger partial charge >= 0.3 is 12.4 Å². The van der Waals surface area contributed by atoms with Crippen molar-refractivity contribution in [1.29, 1.82) is 0 Å². The number of H-pyrrole nitrogens is 1. The van der Waals surface area contributed by atoms with Crippen LogP contribution in [0.1, 0.15) is 62.8 Å². The number of benzene rings is 1. The van der Waals surface area contributed by atoms with E-state index in [9.17, 15) is 44.7 Å². The molecule has 0 atom stereocenters. The topological polar surface area (TPSA) is 142 Å². The van der Waals surface area contributed by atoms with Crippen LogP contribution >= 0.6 is 0 Å². The molecule has 0 aliphatic heterocycles. The van der Waals surface area contributed by atoms with E-state index in [-0.39, 0.29) is 31.6 Å². The highest BCUT2D eigenvalue weighted by Crippen LogP contribution is 2.32. The second-order valence-corrected chi connectivity index (χ2v) is 9.64. The van der Waals surface area contributed by atoms with Crippen LogP contribution in [0.2, 0.25) is 0 Å². The number of nitrogens with two attached hydrogens (primary N) is 2. The summed E-state index contributed by atoms with van der Waals surface area (Å²) in [5.41, 5.74) is 6.60. The number of carbonyl (C=O) groups excluding carboxylic acids is 2. The molecule has 0 bridgehead atoms. The molecule has 1 heterocycles. The lowest BCUT2D eigenvalue weighted by molar-refractivity contribution is -0.144. The lowest BCUT2D eigenvalue weighted by Gasteiger charge is -2.21. The Labute approximate surface area is 236 Å². The lowest BCUT2D eigenvalue weighted by Crippen LogP contribution is -2.41. The first-order valence-electron chi connectivity index (χ1n) is 13.0. The van der Waals surface area contributed by atoms with Crippen LogP contribution in [0, 0.1) is 0 Å². The Morgan fingerprint density at radius 3 is 2.19 bits per heavy atom. The SMILES string of the molecule is FC1(F)CCCCC1.N/C=C(/C(=O)NCc1nc2ccc(CNC(=O)CCC(F)(F)F)cc2[nH]1)N(N)CCC(F)(F)F. The molecule has 2 amide bonds. The molecular weight excluding hydrogens is 582 g/mol. The van der Waals surface area contributed by atoms with Crippen molar-refractivity contribution in [1.82, 2.24) is 25.6 Å². The summed E-state index contributed by atoms with van der Waals surface area (Å²) in [7, 11) is 0. The second kappa shape index (κ2) is 15.0. The molecule has 0 spiro atoms. The van der Waals surface area contributed by atoms with Crippen molar-refractivity contribution in [2.24, 2.45) is 11.6 Å². The van der Waals surface area contributed by atoms with E-state index in [1.165, 1.54) is 0 Å². The number of nitrogens with zero attached hydrogens (tertiary/aromatic N) is 2. The van der Waals surface area contributed by atoms with Crippen LogP contribution in [-0.2, 0) is 22.7 Å². The highest BCUT2D eigenvalue weighted by Gasteiger charge is 2.30. The molecule has 1 saturated carbocycles. The predicted octanol–water partition coefficient (Wildman–Crippen LogP) is 4.65. The molecule has 1 aromatic heterocycles. The van der Waals surface area contributed by atoms with Gasteiger partial charge < -0.3 is 26.4 Å². The van der Waals surface area contributed by atoms with E-state index < -0.39 is 55.9 Å². The van der Waals surface area contributed by atoms with E-state index in [0.717, 1.165) is 12.6 Å². The summed E-state index contributed by atoms with van der Waals surface area (Å²) in [5.74, 6) is 1.93. The second-order valence-electron chi connectivity index (χ2n) is 9.64. The average Bonchev–Trinajstić information content (AvgIpc) is 3.30. The van der Waals surface area contributed by atoms with Crippen LogP contribution in [0.4, 0.5) is 35.1 Å². The molecule has 0 unspecified atom stereocenters. The summed E-state index contributed by atoms with van der Waals surface area (Å²) < 4.78 is 98.0. The molecule has 2 aromatic rings. The van der Waals surface area contributed by atoms with Crippen molar-refractivity contribution in [2.75, 3.05) is 6.54 Å². The number of aromatic nitrogens is 2. The number of nitrogens with one attached hydrogen (secondary N) is 3. The number of imidazole rings is 1. The molecule has 3 rings (SSSR count). The third-order valence-electron chi connectivity index (χ3n) is 6.06. The lowest BCUT2D eigenvalue weighted by atomic mass is 9.97. The van der Waals surface area contributed by atoms with Crippen molar-refractivity contribution < 1.29 is 44.7 Å². The maximum atomic E-state index is 12.3. The molecule has 9 nitrogen and oxygen atoms in total. The first-order chi connectivity index (χ1) is 19.5. The van der Waals surface area contributed by atoms with Crippen molar-refractivity contribution >= 4 is 22.8 Å². The minimum atomic E-state index is -4.45. The molecule has 0 saturated heterocycles. The van der Waals surface area contributed by atoms with E-state index in [1.807, 2.05) is 0 Å². The summed E-state index contributed by atoms with van der Waals surface area (Å²) >= 11 is 0. The predicted molar refractivity (Wildman–Crippen MR) is 137 cm³/mol. The highest BCUT2D eigenvalue weighted by molar-refractivity contribution is 5.92. The maximum Gasteiger partial charge on any atom is 0.390 e. The Balaban J connectivity index is 0.000000661. The third-order valence-corrected chi connectivity index (χ3v) is 6.06. The van der Waals surface area contributed by atoms with Crippen LogP contribution < -0.4 is 22.2 Å². The largest absolute Gasteiger partial charge is 0.403 e. The Morgan fingerprint density at radius 2 is 1.64 bits per heavy atom. The molecule has 1 aliphatic rings. The number of hydrogen-bond donors (Lipinski definition) is 5. The standard InChI is InChI=1S/C19H23F6N7O2.C6H10F2/c20-18(21,22)4-3-16(33)28-9-11-1-2-12-13(7-11)31-15(30-12)10-29-17(34)14(8-26)32(27)6-5-19(23,24)25;7-6(8)4-2-1-3-5-6/h1-2,7-8H,3-6,9-10,26-27H2,(H,28,33)(H,29,34)(H,30,31);1-5H2/b14-8-;. The fourth-order valence-corrected chi connectivity index (χ4v) is 3.84. The number of aromatic amines is 1. The summed E-state index contributed by atoms with van der Waals surface area (Å²) in [4.78, 5) is 30.9. The summed E-state index contributed by atoms with van der Waals surface area (Å²) in [6, 6.07) is 4.86. The van der Waals surface area contributed by atoms with E-state index in [4.69, 9.17) is 11.6 Å². The smallest absolute Gasteiger partial charge is 0.390 e. The number of hydrazine groups is 1. The number of fused-ring (bicyclic) bond motifs is 1. The number of hydrogen-bond acceptors (Lipinski definition) is 6. The number of rotatable bonds is 10. The van der Waals surface area contributed by atoms with Gasteiger partial charge in [-0.25, -0.2) is 19.6 Å². The van der Waals surface area contributed by atoms with Gasteiger partial charge in [0.25, 0.3) is 5.91 Å². The van der Waals surface area contributed by atoms with E-state index in [2.05, 4.69) is 20.6 Å². The van der Waals surface area contributed by atoms with Gasteiger partial charge in [-0.3, -0.25) is 9.59 Å². The molecule has 42 heavy (non-hydrogen) atoms. The van der Waals surface area contributed by atoms with E-state index in [0.29, 0.717) is 40.3 Å². The van der Waals surface area contributed by atoms with Gasteiger partial charge in [-0.1, -0.05) is 12.5 Å². The van der Waals surface area contributed by atoms with Crippen LogP contribution in [0.15, 0.2) is 30.1 Å². The van der Waals surface area contributed by atoms with Crippen LogP contribution in [-0.4, -0.2) is 51.6 Å². The van der Waals surface area contributed by atoms with Crippen molar-refractivity contribution in [3.63, 3.8) is 0 Å². The molecule has 236 valence electrons. The fourth-order valence-electron chi connectivity index (χ4n) is 3.84. The van der Waals surface area contributed by atoms with Gasteiger partial charge in [0.05, 0.1) is 30.4 Å². The first-order valence-corrected chi connectivity index (χ1v) is 13.0. The normalized spacial score (nSPS) is 15.5. The minimum absolute atomic E-state index is 0.00658. The van der Waals surface area contributed by atoms with Crippen molar-refractivity contribution in [3.8, 4) is 0 Å². The van der Waals surface area contributed by atoms with Gasteiger partial charge in [-0.05, 0) is 30.5 Å². The zero-order valence-electron chi connectivity index (χ0n) is 22.5. The minimum Gasteiger partial charge on any atom is -0.403 e. The van der Waals surface area contributed by atoms with Gasteiger partial charge in [-0.15, -0.1) is 0 Å². The number of alkyl halides is 8. The molecule has 17 heteroatoms. The van der Waals surface area contributed by atoms with Gasteiger partial charge in [0.15, 0.2) is 0 Å². The Morgan fingerprint density at radius 1 is 1.00 bits per heavy atom. The molecule has 0 radical (unpaired) electrons. The van der Waals surface area contributed by atoms with Gasteiger partial charge in [0.1, 0.15) is 11.5 Å². The zero-order chi connectivity index (χ0) is 31.6. The Kier molecular flexibility index (Phi) is 12.4. The van der Waals surface area contributed by atoms with Crippen LogP contribution in [0.25, 0.3) is 11.0 Å². The molecule has 1 fully saturated rings. The van der Waals surface area contributed by atoms with Gasteiger partial charge in [0, 0.05) is 38.6 Å². The molecular formula is C25H33F8N7O2. The number of halogens is 8. The quantitative estimate of drug-likeness (QED) is 0.114. The average molecular weight is 616 g/mol. The highest BCUT2D eigenvalue weighted by atomic mass is 19.4. The van der Waals surface area contributed by atoms with Crippen molar-refractivity contribution in [2.45, 2.75) is 82.7 Å². The monoisotopic (exact) mass is 615 g/mol. The Hall–Kier alpha value is -3.63. The summed E-state index contributed by atoms with van der Waals surface area (Å²) in [5, 5.41) is 5.43. The zero-order valence-corrected chi connectivity index (χ0v) is 22.5. The number of amides is 2.